The Kier molecular flexibility index (Phi) is 4.97. The van der Waals surface area contributed by atoms with Gasteiger partial charge in [-0.15, -0.1) is 0 Å². The van der Waals surface area contributed by atoms with Gasteiger partial charge in [0.1, 0.15) is 0 Å². The van der Waals surface area contributed by atoms with Crippen molar-refractivity contribution >= 4 is 15.9 Å². The SMILES string of the molecule is COC[C@@H]1CN(S(=O)(=O)Cc2ccccc2)C[C@H]1C(N)=O. The number of hydrogen-bond donors (Lipinski definition) is 1. The van der Waals surface area contributed by atoms with Gasteiger partial charge in [-0.25, -0.2) is 12.7 Å². The molecular formula is C14H20N2O4S. The number of nitrogens with zero attached hydrogens (tertiary/aromatic N) is 1. The summed E-state index contributed by atoms with van der Waals surface area (Å²) in [5.74, 6) is -1.22. The minimum Gasteiger partial charge on any atom is -0.384 e. The van der Waals surface area contributed by atoms with Gasteiger partial charge in [0.05, 0.1) is 18.3 Å². The fourth-order valence-corrected chi connectivity index (χ4v) is 4.24. The summed E-state index contributed by atoms with van der Waals surface area (Å²) in [4.78, 5) is 11.5. The maximum atomic E-state index is 12.5. The smallest absolute Gasteiger partial charge is 0.222 e. The summed E-state index contributed by atoms with van der Waals surface area (Å²) >= 11 is 0. The van der Waals surface area contributed by atoms with Crippen molar-refractivity contribution in [2.24, 2.45) is 17.6 Å². The summed E-state index contributed by atoms with van der Waals surface area (Å²) < 4.78 is 31.3. The van der Waals surface area contributed by atoms with Gasteiger partial charge in [-0.1, -0.05) is 30.3 Å². The molecule has 0 bridgehead atoms. The zero-order valence-electron chi connectivity index (χ0n) is 11.9. The monoisotopic (exact) mass is 312 g/mol. The van der Waals surface area contributed by atoms with E-state index in [1.54, 1.807) is 24.3 Å². The summed E-state index contributed by atoms with van der Waals surface area (Å²) in [5.41, 5.74) is 6.09. The van der Waals surface area contributed by atoms with Gasteiger partial charge in [0.15, 0.2) is 0 Å². The lowest BCUT2D eigenvalue weighted by atomic mass is 9.96. The Hall–Kier alpha value is -1.44. The molecule has 7 heteroatoms. The molecule has 21 heavy (non-hydrogen) atoms. The summed E-state index contributed by atoms with van der Waals surface area (Å²) in [7, 11) is -1.93. The standard InChI is InChI=1S/C14H20N2O4S/c1-20-9-12-7-16(8-13(12)14(15)17)21(18,19)10-11-5-3-2-4-6-11/h2-6,12-13H,7-10H2,1H3,(H2,15,17)/t12-,13+/m0/s1. The van der Waals surface area contributed by atoms with E-state index >= 15 is 0 Å². The van der Waals surface area contributed by atoms with Crippen molar-refractivity contribution in [3.05, 3.63) is 35.9 Å². The predicted octanol–water partition coefficient (Wildman–Crippen LogP) is 0.196. The Labute approximate surface area is 124 Å². The van der Waals surface area contributed by atoms with Crippen LogP contribution >= 0.6 is 0 Å². The van der Waals surface area contributed by atoms with Crippen LogP contribution in [0.4, 0.5) is 0 Å². The number of hydrogen-bond acceptors (Lipinski definition) is 4. The number of nitrogens with two attached hydrogens (primary N) is 1. The topological polar surface area (TPSA) is 89.7 Å². The first-order valence-electron chi connectivity index (χ1n) is 6.74. The number of sulfonamides is 1. The van der Waals surface area contributed by atoms with Crippen LogP contribution in [0.3, 0.4) is 0 Å². The maximum absolute atomic E-state index is 12.5. The number of carbonyl (C=O) groups excluding carboxylic acids is 1. The van der Waals surface area contributed by atoms with Crippen LogP contribution in [-0.2, 0) is 25.3 Å². The first kappa shape index (κ1) is 15.9. The molecule has 1 aromatic rings. The molecule has 0 aliphatic carbocycles. The fraction of sp³-hybridized carbons (Fsp3) is 0.500. The zero-order valence-corrected chi connectivity index (χ0v) is 12.8. The van der Waals surface area contributed by atoms with Crippen molar-refractivity contribution in [3.63, 3.8) is 0 Å². The van der Waals surface area contributed by atoms with Crippen LogP contribution in [0, 0.1) is 11.8 Å². The van der Waals surface area contributed by atoms with E-state index in [1.165, 1.54) is 11.4 Å². The molecule has 6 nitrogen and oxygen atoms in total. The van der Waals surface area contributed by atoms with Crippen LogP contribution in [0.15, 0.2) is 30.3 Å². The van der Waals surface area contributed by atoms with Gasteiger partial charge < -0.3 is 10.5 Å². The molecule has 0 radical (unpaired) electrons. The highest BCUT2D eigenvalue weighted by atomic mass is 32.2. The second-order valence-corrected chi connectivity index (χ2v) is 7.25. The molecule has 0 unspecified atom stereocenters. The van der Waals surface area contributed by atoms with E-state index in [9.17, 15) is 13.2 Å². The van der Waals surface area contributed by atoms with Crippen molar-refractivity contribution in [2.75, 3.05) is 26.8 Å². The quantitative estimate of drug-likeness (QED) is 0.812. The van der Waals surface area contributed by atoms with Gasteiger partial charge in [-0.3, -0.25) is 4.79 Å². The van der Waals surface area contributed by atoms with E-state index in [1.807, 2.05) is 6.07 Å². The minimum absolute atomic E-state index is 0.0704. The molecule has 1 heterocycles. The highest BCUT2D eigenvalue weighted by Crippen LogP contribution is 2.27. The molecule has 1 aromatic carbocycles. The predicted molar refractivity (Wildman–Crippen MR) is 78.7 cm³/mol. The average Bonchev–Trinajstić information content (AvgIpc) is 2.85. The fourth-order valence-electron chi connectivity index (χ4n) is 2.64. The van der Waals surface area contributed by atoms with Gasteiger partial charge in [-0.2, -0.15) is 0 Å². The van der Waals surface area contributed by atoms with Crippen LogP contribution in [0.5, 0.6) is 0 Å². The lowest BCUT2D eigenvalue weighted by Gasteiger charge is -2.16. The normalized spacial score (nSPS) is 23.3. The van der Waals surface area contributed by atoms with E-state index in [2.05, 4.69) is 0 Å². The summed E-state index contributed by atoms with van der Waals surface area (Å²) in [5, 5.41) is 0. The Balaban J connectivity index is 2.12. The number of ether oxygens (including phenoxy) is 1. The molecule has 0 aromatic heterocycles. The first-order chi connectivity index (χ1) is 9.94. The van der Waals surface area contributed by atoms with E-state index < -0.39 is 21.8 Å². The van der Waals surface area contributed by atoms with Crippen molar-refractivity contribution in [1.29, 1.82) is 0 Å². The Morgan fingerprint density at radius 1 is 1.33 bits per heavy atom. The van der Waals surface area contributed by atoms with Gasteiger partial charge >= 0.3 is 0 Å². The molecule has 2 atom stereocenters. The van der Waals surface area contributed by atoms with Crippen LogP contribution in [-0.4, -0.2) is 45.4 Å². The van der Waals surface area contributed by atoms with E-state index in [-0.39, 0.29) is 24.8 Å². The molecule has 1 saturated heterocycles. The van der Waals surface area contributed by atoms with E-state index in [0.717, 1.165) is 5.56 Å². The lowest BCUT2D eigenvalue weighted by molar-refractivity contribution is -0.122. The van der Waals surface area contributed by atoms with Crippen LogP contribution in [0.1, 0.15) is 5.56 Å². The lowest BCUT2D eigenvalue weighted by Crippen LogP contribution is -2.33. The second kappa shape index (κ2) is 6.55. The number of primary amides is 1. The third-order valence-electron chi connectivity index (χ3n) is 3.74. The third-order valence-corrected chi connectivity index (χ3v) is 5.52. The Morgan fingerprint density at radius 3 is 2.57 bits per heavy atom. The highest BCUT2D eigenvalue weighted by molar-refractivity contribution is 7.88. The number of benzene rings is 1. The van der Waals surface area contributed by atoms with Gasteiger partial charge in [-0.05, 0) is 5.56 Å². The van der Waals surface area contributed by atoms with Crippen LogP contribution in [0.25, 0.3) is 0 Å². The van der Waals surface area contributed by atoms with Gasteiger partial charge in [0, 0.05) is 26.1 Å². The van der Waals surface area contributed by atoms with Crippen LogP contribution in [0.2, 0.25) is 0 Å². The average molecular weight is 312 g/mol. The molecule has 0 saturated carbocycles. The third kappa shape index (κ3) is 3.81. The van der Waals surface area contributed by atoms with Crippen molar-refractivity contribution in [3.8, 4) is 0 Å². The van der Waals surface area contributed by atoms with Crippen molar-refractivity contribution in [1.82, 2.24) is 4.31 Å². The van der Waals surface area contributed by atoms with E-state index in [4.69, 9.17) is 10.5 Å². The Morgan fingerprint density at radius 2 is 2.00 bits per heavy atom. The maximum Gasteiger partial charge on any atom is 0.222 e. The number of rotatable bonds is 6. The molecule has 0 spiro atoms. The summed E-state index contributed by atoms with van der Waals surface area (Å²) in [6, 6.07) is 8.98. The summed E-state index contributed by atoms with van der Waals surface area (Å²) in [6.07, 6.45) is 0. The molecular weight excluding hydrogens is 292 g/mol. The molecule has 2 rings (SSSR count). The van der Waals surface area contributed by atoms with Gasteiger partial charge in [0.2, 0.25) is 15.9 Å². The summed E-state index contributed by atoms with van der Waals surface area (Å²) in [6.45, 7) is 0.736. The second-order valence-electron chi connectivity index (χ2n) is 5.28. The largest absolute Gasteiger partial charge is 0.384 e. The number of carbonyl (C=O) groups is 1. The van der Waals surface area contributed by atoms with Gasteiger partial charge in [0.25, 0.3) is 0 Å². The Bertz CT molecular complexity index is 588. The highest BCUT2D eigenvalue weighted by Gasteiger charge is 2.41. The molecule has 116 valence electrons. The van der Waals surface area contributed by atoms with Crippen molar-refractivity contribution < 1.29 is 17.9 Å². The van der Waals surface area contributed by atoms with Crippen LogP contribution < -0.4 is 5.73 Å². The molecule has 1 aliphatic rings. The minimum atomic E-state index is -3.46. The molecule has 2 N–H and O–H groups in total. The number of methoxy groups -OCH3 is 1. The first-order valence-corrected chi connectivity index (χ1v) is 8.35. The zero-order chi connectivity index (χ0) is 15.5. The molecule has 1 fully saturated rings. The molecule has 1 aliphatic heterocycles. The van der Waals surface area contributed by atoms with E-state index in [0.29, 0.717) is 6.61 Å². The number of amides is 1. The van der Waals surface area contributed by atoms with Crippen molar-refractivity contribution in [2.45, 2.75) is 5.75 Å². The molecule has 1 amide bonds.